The molecular formula is C24H23F5O. The van der Waals surface area contributed by atoms with E-state index in [9.17, 15) is 17.6 Å². The SMILES string of the molecule is CCCCCCCc1ccc2c(F)c(-c3ccc(OC(F)(F)F)c(F)c3)ccc2c1. The highest BCUT2D eigenvalue weighted by Gasteiger charge is 2.32. The molecular weight excluding hydrogens is 399 g/mol. The van der Waals surface area contributed by atoms with Gasteiger partial charge in [0.25, 0.3) is 0 Å². The minimum atomic E-state index is -5.00. The maximum atomic E-state index is 15.0. The molecule has 0 N–H and O–H groups in total. The molecule has 0 aliphatic carbocycles. The molecule has 0 unspecified atom stereocenters. The van der Waals surface area contributed by atoms with Crippen molar-refractivity contribution in [3.8, 4) is 16.9 Å². The number of aryl methyl sites for hydroxylation is 1. The van der Waals surface area contributed by atoms with Gasteiger partial charge >= 0.3 is 6.36 Å². The summed E-state index contributed by atoms with van der Waals surface area (Å²) in [4.78, 5) is 0. The molecule has 3 aromatic rings. The Balaban J connectivity index is 1.81. The summed E-state index contributed by atoms with van der Waals surface area (Å²) in [5, 5.41) is 1.12. The first-order valence-electron chi connectivity index (χ1n) is 10.1. The van der Waals surface area contributed by atoms with Gasteiger partial charge in [0.05, 0.1) is 0 Å². The Morgan fingerprint density at radius 3 is 2.30 bits per heavy atom. The molecule has 3 aromatic carbocycles. The molecule has 0 saturated heterocycles. The predicted octanol–water partition coefficient (Wildman–Crippen LogP) is 8.20. The highest BCUT2D eigenvalue weighted by atomic mass is 19.4. The molecule has 0 radical (unpaired) electrons. The Morgan fingerprint density at radius 2 is 1.60 bits per heavy atom. The lowest BCUT2D eigenvalue weighted by atomic mass is 9.97. The second kappa shape index (κ2) is 9.45. The van der Waals surface area contributed by atoms with Crippen molar-refractivity contribution in [2.24, 2.45) is 0 Å². The van der Waals surface area contributed by atoms with Gasteiger partial charge in [0.15, 0.2) is 11.6 Å². The minimum Gasteiger partial charge on any atom is -0.403 e. The number of hydrogen-bond donors (Lipinski definition) is 0. The third-order valence-corrected chi connectivity index (χ3v) is 5.06. The highest BCUT2D eigenvalue weighted by molar-refractivity contribution is 5.88. The van der Waals surface area contributed by atoms with E-state index in [-0.39, 0.29) is 11.1 Å². The molecule has 160 valence electrons. The van der Waals surface area contributed by atoms with E-state index < -0.39 is 23.7 Å². The highest BCUT2D eigenvalue weighted by Crippen LogP contribution is 2.33. The number of ether oxygens (including phenoxy) is 1. The van der Waals surface area contributed by atoms with Gasteiger partial charge in [0, 0.05) is 10.9 Å². The van der Waals surface area contributed by atoms with Gasteiger partial charge < -0.3 is 4.74 Å². The van der Waals surface area contributed by atoms with Gasteiger partial charge in [-0.2, -0.15) is 0 Å². The number of hydrogen-bond acceptors (Lipinski definition) is 1. The van der Waals surface area contributed by atoms with Crippen LogP contribution in [-0.4, -0.2) is 6.36 Å². The van der Waals surface area contributed by atoms with Crippen molar-refractivity contribution in [1.82, 2.24) is 0 Å². The first kappa shape index (κ1) is 22.1. The summed E-state index contributed by atoms with van der Waals surface area (Å²) in [5.41, 5.74) is 1.39. The zero-order chi connectivity index (χ0) is 21.7. The largest absolute Gasteiger partial charge is 0.573 e. The van der Waals surface area contributed by atoms with Crippen molar-refractivity contribution in [2.45, 2.75) is 51.8 Å². The van der Waals surface area contributed by atoms with Crippen molar-refractivity contribution < 1.29 is 26.7 Å². The average molecular weight is 422 g/mol. The van der Waals surface area contributed by atoms with Crippen LogP contribution in [0.1, 0.15) is 44.6 Å². The van der Waals surface area contributed by atoms with E-state index in [0.717, 1.165) is 35.9 Å². The van der Waals surface area contributed by atoms with E-state index in [1.54, 1.807) is 12.1 Å². The Labute approximate surface area is 172 Å². The van der Waals surface area contributed by atoms with Crippen LogP contribution >= 0.6 is 0 Å². The molecule has 0 amide bonds. The van der Waals surface area contributed by atoms with Gasteiger partial charge in [-0.1, -0.05) is 69.0 Å². The summed E-state index contributed by atoms with van der Waals surface area (Å²) in [7, 11) is 0. The fourth-order valence-corrected chi connectivity index (χ4v) is 3.53. The summed E-state index contributed by atoms with van der Waals surface area (Å²) in [5.74, 6) is -2.69. The molecule has 0 fully saturated rings. The van der Waals surface area contributed by atoms with Gasteiger partial charge in [-0.05, 0) is 41.5 Å². The normalized spacial score (nSPS) is 11.8. The molecule has 0 heterocycles. The summed E-state index contributed by atoms with van der Waals surface area (Å²) in [6.07, 6.45) is 1.82. The molecule has 0 aromatic heterocycles. The molecule has 30 heavy (non-hydrogen) atoms. The Kier molecular flexibility index (Phi) is 6.95. The summed E-state index contributed by atoms with van der Waals surface area (Å²) >= 11 is 0. The maximum Gasteiger partial charge on any atom is 0.573 e. The van der Waals surface area contributed by atoms with E-state index >= 15 is 4.39 Å². The standard InChI is InChI=1S/C24H23F5O/c1-2-3-4-5-6-7-16-8-11-19-17(14-16)9-12-20(23(19)26)18-10-13-22(21(25)15-18)30-24(27,28)29/h8-15H,2-7H2,1H3. The van der Waals surface area contributed by atoms with Crippen LogP contribution in [0.5, 0.6) is 5.75 Å². The molecule has 0 aliphatic heterocycles. The van der Waals surface area contributed by atoms with Gasteiger partial charge in [-0.15, -0.1) is 13.2 Å². The molecule has 1 nitrogen and oxygen atoms in total. The topological polar surface area (TPSA) is 9.23 Å². The quantitative estimate of drug-likeness (QED) is 0.263. The van der Waals surface area contributed by atoms with Crippen molar-refractivity contribution in [3.63, 3.8) is 0 Å². The average Bonchev–Trinajstić information content (AvgIpc) is 2.69. The lowest BCUT2D eigenvalue weighted by Gasteiger charge is -2.12. The maximum absolute atomic E-state index is 15.0. The van der Waals surface area contributed by atoms with Crippen molar-refractivity contribution in [3.05, 3.63) is 65.7 Å². The van der Waals surface area contributed by atoms with Crippen LogP contribution in [-0.2, 0) is 6.42 Å². The summed E-state index contributed by atoms with van der Waals surface area (Å²) < 4.78 is 69.6. The van der Waals surface area contributed by atoms with Crippen LogP contribution in [0.4, 0.5) is 22.0 Å². The van der Waals surface area contributed by atoms with Crippen molar-refractivity contribution in [2.75, 3.05) is 0 Å². The van der Waals surface area contributed by atoms with E-state index in [1.165, 1.54) is 37.8 Å². The number of rotatable bonds is 8. The number of halogens is 5. The fourth-order valence-electron chi connectivity index (χ4n) is 3.53. The number of alkyl halides is 3. The third kappa shape index (κ3) is 5.49. The van der Waals surface area contributed by atoms with Crippen LogP contribution in [0.3, 0.4) is 0 Å². The third-order valence-electron chi connectivity index (χ3n) is 5.06. The van der Waals surface area contributed by atoms with Gasteiger partial charge in [-0.3, -0.25) is 0 Å². The van der Waals surface area contributed by atoms with E-state index in [0.29, 0.717) is 5.39 Å². The van der Waals surface area contributed by atoms with Gasteiger partial charge in [-0.25, -0.2) is 8.78 Å². The van der Waals surface area contributed by atoms with Crippen molar-refractivity contribution in [1.29, 1.82) is 0 Å². The lowest BCUT2D eigenvalue weighted by Crippen LogP contribution is -2.17. The van der Waals surface area contributed by atoms with Gasteiger partial charge in [0.2, 0.25) is 0 Å². The lowest BCUT2D eigenvalue weighted by molar-refractivity contribution is -0.275. The van der Waals surface area contributed by atoms with Crippen LogP contribution in [0.15, 0.2) is 48.5 Å². The minimum absolute atomic E-state index is 0.118. The van der Waals surface area contributed by atoms with E-state index in [4.69, 9.17) is 0 Å². The number of fused-ring (bicyclic) bond motifs is 1. The first-order valence-corrected chi connectivity index (χ1v) is 10.1. The monoisotopic (exact) mass is 422 g/mol. The summed E-state index contributed by atoms with van der Waals surface area (Å²) in [6, 6.07) is 11.7. The Hall–Kier alpha value is -2.63. The van der Waals surface area contributed by atoms with Crippen molar-refractivity contribution >= 4 is 10.8 Å². The molecule has 0 atom stereocenters. The molecule has 0 bridgehead atoms. The number of unbranched alkanes of at least 4 members (excludes halogenated alkanes) is 4. The predicted molar refractivity (Wildman–Crippen MR) is 108 cm³/mol. The Morgan fingerprint density at radius 1 is 0.833 bits per heavy atom. The van der Waals surface area contributed by atoms with Gasteiger partial charge in [0.1, 0.15) is 5.82 Å². The van der Waals surface area contributed by atoms with Crippen LogP contribution in [0.2, 0.25) is 0 Å². The molecule has 0 spiro atoms. The number of benzene rings is 3. The van der Waals surface area contributed by atoms with E-state index in [2.05, 4.69) is 11.7 Å². The second-order valence-electron chi connectivity index (χ2n) is 7.34. The smallest absolute Gasteiger partial charge is 0.403 e. The van der Waals surface area contributed by atoms with Crippen LogP contribution in [0.25, 0.3) is 21.9 Å². The zero-order valence-corrected chi connectivity index (χ0v) is 16.7. The van der Waals surface area contributed by atoms with Crippen LogP contribution < -0.4 is 4.74 Å². The molecule has 6 heteroatoms. The Bertz CT molecular complexity index is 1010. The second-order valence-corrected chi connectivity index (χ2v) is 7.34. The first-order chi connectivity index (χ1) is 14.3. The molecule has 0 aliphatic rings. The zero-order valence-electron chi connectivity index (χ0n) is 16.7. The van der Waals surface area contributed by atoms with E-state index in [1.807, 2.05) is 12.1 Å². The summed E-state index contributed by atoms with van der Waals surface area (Å²) in [6.45, 7) is 2.17. The van der Waals surface area contributed by atoms with Crippen LogP contribution in [0, 0.1) is 11.6 Å². The fraction of sp³-hybridized carbons (Fsp3) is 0.333. The molecule has 0 saturated carbocycles. The molecule has 3 rings (SSSR count).